The van der Waals surface area contributed by atoms with E-state index in [4.69, 9.17) is 0 Å². The van der Waals surface area contributed by atoms with Crippen molar-refractivity contribution in [3.05, 3.63) is 362 Å². The van der Waals surface area contributed by atoms with Crippen molar-refractivity contribution in [2.75, 3.05) is 9.80 Å². The summed E-state index contributed by atoms with van der Waals surface area (Å²) in [5.74, 6) is 6.93. The van der Waals surface area contributed by atoms with Crippen molar-refractivity contribution in [1.29, 1.82) is 0 Å². The van der Waals surface area contributed by atoms with E-state index in [9.17, 15) is 0 Å². The molecule has 538 valence electrons. The van der Waals surface area contributed by atoms with Crippen LogP contribution in [0.5, 0.6) is 0 Å². The molecule has 2 aromatic heterocycles. The topological polar surface area (TPSA) is 6.48 Å². The highest BCUT2D eigenvalue weighted by Crippen LogP contribution is 2.72. The molecule has 2 spiro atoms. The number of rotatable bonds is 10. The highest BCUT2D eigenvalue weighted by molar-refractivity contribution is 7.26. The minimum atomic E-state index is 0.188. The predicted octanol–water partition coefficient (Wildman–Crippen LogP) is 30.3. The number of benzene rings is 15. The van der Waals surface area contributed by atoms with E-state index in [0.717, 1.165) is 64.4 Å². The first-order chi connectivity index (χ1) is 55.4. The molecule has 27 rings (SSSR count). The lowest BCUT2D eigenvalue weighted by atomic mass is 9.43. The highest BCUT2D eigenvalue weighted by Gasteiger charge is 2.63. The van der Waals surface area contributed by atoms with E-state index in [1.165, 1.54) is 199 Å². The van der Waals surface area contributed by atoms with Gasteiger partial charge in [0.2, 0.25) is 0 Å². The highest BCUT2D eigenvalue weighted by atomic mass is 32.1. The molecule has 0 radical (unpaired) electrons. The van der Waals surface area contributed by atoms with Crippen LogP contribution in [0.1, 0.15) is 86.5 Å². The summed E-state index contributed by atoms with van der Waals surface area (Å²) in [7, 11) is 0. The Morgan fingerprint density at radius 3 is 1.04 bits per heavy atom. The molecule has 17 aromatic rings. The van der Waals surface area contributed by atoms with E-state index >= 15 is 0 Å². The van der Waals surface area contributed by atoms with Gasteiger partial charge in [-0.05, 0) is 285 Å². The predicted molar refractivity (Wildman–Crippen MR) is 474 cm³/mol. The maximum atomic E-state index is 2.57. The van der Waals surface area contributed by atoms with Gasteiger partial charge in [0.05, 0.1) is 26.5 Å². The third-order valence-corrected chi connectivity index (χ3v) is 31.2. The van der Waals surface area contributed by atoms with Crippen LogP contribution < -0.4 is 9.80 Å². The molecule has 10 aliphatic rings. The Labute approximate surface area is 664 Å². The van der Waals surface area contributed by atoms with Crippen molar-refractivity contribution >= 4 is 108 Å². The number of hydrogen-bond donors (Lipinski definition) is 0. The van der Waals surface area contributed by atoms with Gasteiger partial charge in [0.25, 0.3) is 0 Å². The van der Waals surface area contributed by atoms with E-state index in [1.807, 2.05) is 22.7 Å². The molecule has 0 amide bonds. The minimum Gasteiger partial charge on any atom is -0.309 e. The molecule has 2 heterocycles. The molecule has 0 atom stereocenters. The Bertz CT molecular complexity index is 6540. The van der Waals surface area contributed by atoms with Gasteiger partial charge in [0, 0.05) is 64.2 Å². The second kappa shape index (κ2) is 25.6. The molecule has 10 aliphatic carbocycles. The van der Waals surface area contributed by atoms with Crippen molar-refractivity contribution < 1.29 is 0 Å². The standard InChI is InChI=1S/C56H43NS.C52H41NS/c1-2-11-37(12-3-1)38-21-24-42(25-22-38)57(53-19-10-17-48-47-16-7-9-20-54(47)58-55(48)53)52-28-26-43(44-13-4-5-15-46(44)52)39-23-27-51-49(34-39)45-14-6-8-18-50(45)56(51)40-30-35-29-36(32-40)33-41(56)31-35;1-2-9-35(10-3-1)36-17-22-41(23-18-36)53(49-15-8-13-45-44-12-5-7-16-50(44)54-51(45)49)42-24-19-37(20-25-42)38-21-26-48-46(32-38)43-11-4-6-14-47(43)52(48)39-28-33-27-34(30-39)31-40(52)29-33/h1-28,34-36,40-41H,29-33H2;1-26,32-34,39-40H,27-31H2. The zero-order chi connectivity index (χ0) is 73.3. The van der Waals surface area contributed by atoms with Gasteiger partial charge in [-0.25, -0.2) is 0 Å². The minimum absolute atomic E-state index is 0.188. The quantitative estimate of drug-likeness (QED) is 0.135. The molecular weight excluding hydrogens is 1390 g/mol. The summed E-state index contributed by atoms with van der Waals surface area (Å²) in [6.07, 6.45) is 14.3. The van der Waals surface area contributed by atoms with Crippen LogP contribution in [0.4, 0.5) is 34.1 Å². The largest absolute Gasteiger partial charge is 0.309 e. The van der Waals surface area contributed by atoms with Crippen LogP contribution >= 0.6 is 22.7 Å². The van der Waals surface area contributed by atoms with Crippen LogP contribution in [0.15, 0.2) is 340 Å². The summed E-state index contributed by atoms with van der Waals surface area (Å²) in [6.45, 7) is 0. The zero-order valence-electron chi connectivity index (χ0n) is 62.7. The van der Waals surface area contributed by atoms with Crippen LogP contribution in [0.2, 0.25) is 0 Å². The summed E-state index contributed by atoms with van der Waals surface area (Å²) in [5.41, 5.74) is 30.0. The maximum Gasteiger partial charge on any atom is 0.0640 e. The number of anilines is 6. The normalized spacial score (nSPS) is 22.9. The number of fused-ring (bicyclic) bond motifs is 13. The Hall–Kier alpha value is -11.4. The average Bonchev–Trinajstić information content (AvgIpc) is 1.52. The first-order valence-corrected chi connectivity index (χ1v) is 42.9. The van der Waals surface area contributed by atoms with Crippen LogP contribution in [-0.4, -0.2) is 0 Å². The van der Waals surface area contributed by atoms with Gasteiger partial charge in [0.15, 0.2) is 0 Å². The summed E-state index contributed by atoms with van der Waals surface area (Å²) in [6, 6.07) is 128. The molecule has 15 aromatic carbocycles. The van der Waals surface area contributed by atoms with E-state index in [2.05, 4.69) is 350 Å². The second-order valence-electron chi connectivity index (χ2n) is 34.2. The Balaban J connectivity index is 0.000000131. The average molecular weight is 1470 g/mol. The Morgan fingerprint density at radius 1 is 0.214 bits per heavy atom. The van der Waals surface area contributed by atoms with Crippen LogP contribution in [-0.2, 0) is 10.8 Å². The Morgan fingerprint density at radius 2 is 0.562 bits per heavy atom. The van der Waals surface area contributed by atoms with Crippen molar-refractivity contribution in [2.45, 2.75) is 75.0 Å². The van der Waals surface area contributed by atoms with Crippen LogP contribution in [0.3, 0.4) is 0 Å². The Kier molecular flexibility index (Phi) is 14.9. The van der Waals surface area contributed by atoms with Gasteiger partial charge < -0.3 is 9.80 Å². The first kappa shape index (κ1) is 65.3. The fraction of sp³-hybridized carbons (Fsp3) is 0.185. The molecule has 0 aliphatic heterocycles. The zero-order valence-corrected chi connectivity index (χ0v) is 64.4. The molecule has 0 N–H and O–H groups in total. The number of nitrogens with zero attached hydrogens (tertiary/aromatic N) is 2. The van der Waals surface area contributed by atoms with E-state index < -0.39 is 0 Å². The monoisotopic (exact) mass is 1470 g/mol. The number of thiophene rings is 2. The van der Waals surface area contributed by atoms with E-state index in [0.29, 0.717) is 0 Å². The lowest BCUT2D eigenvalue weighted by Crippen LogP contribution is -2.55. The molecule has 112 heavy (non-hydrogen) atoms. The van der Waals surface area contributed by atoms with Crippen molar-refractivity contribution in [3.63, 3.8) is 0 Å². The molecule has 2 nitrogen and oxygen atoms in total. The van der Waals surface area contributed by atoms with E-state index in [1.54, 1.807) is 22.3 Å². The van der Waals surface area contributed by atoms with Gasteiger partial charge in [-0.2, -0.15) is 0 Å². The SMILES string of the molecule is c1ccc(-c2ccc(N(c3ccc(-c4ccc5c(c4)-c4ccccc4C54C5CC6CC(C5)CC4C6)c4ccccc34)c3cccc4c3sc3ccccc34)cc2)cc1.c1ccc(-c2ccc(N(c3ccc(-c4ccc5c(c4)-c4ccccc4C54C5CC6CC(C5)CC4C6)cc3)c3cccc4c3sc3ccccc34)cc2)cc1. The third-order valence-electron chi connectivity index (χ3n) is 28.7. The van der Waals surface area contributed by atoms with Gasteiger partial charge in [0.1, 0.15) is 0 Å². The third kappa shape index (κ3) is 9.86. The molecule has 8 fully saturated rings. The lowest BCUT2D eigenvalue weighted by Gasteiger charge is -2.61. The molecule has 8 bridgehead atoms. The van der Waals surface area contributed by atoms with Gasteiger partial charge >= 0.3 is 0 Å². The maximum absolute atomic E-state index is 2.57. The van der Waals surface area contributed by atoms with E-state index in [-0.39, 0.29) is 10.8 Å². The fourth-order valence-corrected chi connectivity index (χ4v) is 27.1. The van der Waals surface area contributed by atoms with Gasteiger partial charge in [-0.15, -0.1) is 22.7 Å². The van der Waals surface area contributed by atoms with Crippen molar-refractivity contribution in [2.24, 2.45) is 47.3 Å². The summed E-state index contributed by atoms with van der Waals surface area (Å²) in [4.78, 5) is 4.96. The van der Waals surface area contributed by atoms with Crippen LogP contribution in [0.25, 0.3) is 118 Å². The molecular formula is C108H84N2S2. The van der Waals surface area contributed by atoms with Gasteiger partial charge in [-0.3, -0.25) is 0 Å². The number of hydrogen-bond acceptors (Lipinski definition) is 4. The lowest BCUT2D eigenvalue weighted by molar-refractivity contribution is -0.0399. The fourth-order valence-electron chi connectivity index (χ4n) is 24.7. The second-order valence-corrected chi connectivity index (χ2v) is 36.3. The van der Waals surface area contributed by atoms with Gasteiger partial charge in [-0.1, -0.05) is 261 Å². The molecule has 4 heteroatoms. The van der Waals surface area contributed by atoms with Crippen molar-refractivity contribution in [3.8, 4) is 66.8 Å². The molecule has 8 saturated carbocycles. The summed E-state index contributed by atoms with van der Waals surface area (Å²) >= 11 is 3.78. The van der Waals surface area contributed by atoms with Crippen LogP contribution in [0, 0.1) is 47.3 Å². The smallest absolute Gasteiger partial charge is 0.0640 e. The molecule has 0 saturated heterocycles. The first-order valence-electron chi connectivity index (χ1n) is 41.3. The summed E-state index contributed by atoms with van der Waals surface area (Å²) in [5, 5.41) is 7.79. The van der Waals surface area contributed by atoms with Crippen molar-refractivity contribution in [1.82, 2.24) is 0 Å². The molecule has 0 unspecified atom stereocenters. The summed E-state index contributed by atoms with van der Waals surface area (Å²) < 4.78 is 5.26.